The first-order valence-corrected chi connectivity index (χ1v) is 7.99. The summed E-state index contributed by atoms with van der Waals surface area (Å²) >= 11 is 0. The van der Waals surface area contributed by atoms with Crippen LogP contribution in [0.4, 0.5) is 4.79 Å². The van der Waals surface area contributed by atoms with E-state index in [1.165, 1.54) is 7.11 Å². The lowest BCUT2D eigenvalue weighted by Gasteiger charge is -2.17. The van der Waals surface area contributed by atoms with Crippen molar-refractivity contribution >= 4 is 6.09 Å². The van der Waals surface area contributed by atoms with Gasteiger partial charge in [-0.05, 0) is 24.1 Å². The highest BCUT2D eigenvalue weighted by molar-refractivity contribution is 5.66. The van der Waals surface area contributed by atoms with Crippen LogP contribution in [0.3, 0.4) is 0 Å². The Morgan fingerprint density at radius 2 is 2.00 bits per heavy atom. The fourth-order valence-electron chi connectivity index (χ4n) is 1.98. The second kappa shape index (κ2) is 10.7. The Hall–Kier alpha value is -1.99. The maximum Gasteiger partial charge on any atom is 0.406 e. The van der Waals surface area contributed by atoms with Crippen molar-refractivity contribution in [2.45, 2.75) is 32.4 Å². The third kappa shape index (κ3) is 7.52. The van der Waals surface area contributed by atoms with Gasteiger partial charge in [-0.2, -0.15) is 0 Å². The molecular formula is C17H28N2O5. The normalized spacial score (nSPS) is 11.9. The quantitative estimate of drug-likeness (QED) is 0.595. The number of ether oxygens (including phenoxy) is 3. The Morgan fingerprint density at radius 3 is 2.62 bits per heavy atom. The zero-order valence-electron chi connectivity index (χ0n) is 14.8. The van der Waals surface area contributed by atoms with Crippen molar-refractivity contribution in [3.8, 4) is 11.5 Å². The number of amides is 1. The summed E-state index contributed by atoms with van der Waals surface area (Å²) in [6.45, 7) is 5.15. The van der Waals surface area contributed by atoms with E-state index in [0.29, 0.717) is 37.1 Å². The van der Waals surface area contributed by atoms with Gasteiger partial charge in [0.25, 0.3) is 0 Å². The molecule has 0 aromatic heterocycles. The van der Waals surface area contributed by atoms with Crippen LogP contribution in [0.2, 0.25) is 0 Å². The molecule has 1 amide bonds. The van der Waals surface area contributed by atoms with Gasteiger partial charge in [-0.15, -0.1) is 0 Å². The number of carbonyl (C=O) groups excluding carboxylic acids is 1. The van der Waals surface area contributed by atoms with Gasteiger partial charge in [0.05, 0.1) is 14.2 Å². The van der Waals surface area contributed by atoms with E-state index in [0.717, 1.165) is 5.56 Å². The second-order valence-corrected chi connectivity index (χ2v) is 5.68. The SMILES string of the molecule is COC(=O)NCCc1ccc(OCC(O)CNC(C)C)c(OC)c1. The second-order valence-electron chi connectivity index (χ2n) is 5.68. The van der Waals surface area contributed by atoms with Crippen LogP contribution < -0.4 is 20.1 Å². The first kappa shape index (κ1) is 20.1. The number of alkyl carbamates (subject to hydrolysis) is 1. The molecule has 0 radical (unpaired) electrons. The predicted molar refractivity (Wildman–Crippen MR) is 91.7 cm³/mol. The number of hydrogen-bond donors (Lipinski definition) is 3. The number of hydrogen-bond acceptors (Lipinski definition) is 6. The molecule has 1 aromatic rings. The van der Waals surface area contributed by atoms with Crippen molar-refractivity contribution in [2.24, 2.45) is 0 Å². The third-order valence-electron chi connectivity index (χ3n) is 3.29. The van der Waals surface area contributed by atoms with Gasteiger partial charge >= 0.3 is 6.09 Å². The van der Waals surface area contributed by atoms with E-state index in [-0.39, 0.29) is 6.61 Å². The largest absolute Gasteiger partial charge is 0.493 e. The van der Waals surface area contributed by atoms with Crippen LogP contribution in [0.25, 0.3) is 0 Å². The Labute approximate surface area is 143 Å². The van der Waals surface area contributed by atoms with Crippen molar-refractivity contribution < 1.29 is 24.1 Å². The van der Waals surface area contributed by atoms with Crippen molar-refractivity contribution in [1.82, 2.24) is 10.6 Å². The molecule has 0 aliphatic carbocycles. The maximum atomic E-state index is 11.0. The Balaban J connectivity index is 2.52. The molecule has 0 heterocycles. The highest BCUT2D eigenvalue weighted by atomic mass is 16.5. The van der Waals surface area contributed by atoms with E-state index in [1.54, 1.807) is 13.2 Å². The van der Waals surface area contributed by atoms with Gasteiger partial charge in [0.2, 0.25) is 0 Å². The van der Waals surface area contributed by atoms with Crippen LogP contribution in [0, 0.1) is 0 Å². The highest BCUT2D eigenvalue weighted by Crippen LogP contribution is 2.28. The van der Waals surface area contributed by atoms with Gasteiger partial charge in [-0.3, -0.25) is 0 Å². The fourth-order valence-corrected chi connectivity index (χ4v) is 1.98. The van der Waals surface area contributed by atoms with Crippen LogP contribution >= 0.6 is 0 Å². The van der Waals surface area contributed by atoms with Crippen LogP contribution in [0.15, 0.2) is 18.2 Å². The van der Waals surface area contributed by atoms with Crippen LogP contribution in [-0.2, 0) is 11.2 Å². The van der Waals surface area contributed by atoms with Gasteiger partial charge < -0.3 is 30.0 Å². The van der Waals surface area contributed by atoms with Gasteiger partial charge in [0.1, 0.15) is 12.7 Å². The summed E-state index contributed by atoms with van der Waals surface area (Å²) in [4.78, 5) is 11.0. The van der Waals surface area contributed by atoms with E-state index >= 15 is 0 Å². The van der Waals surface area contributed by atoms with Crippen LogP contribution in [0.1, 0.15) is 19.4 Å². The van der Waals surface area contributed by atoms with E-state index < -0.39 is 12.2 Å². The number of nitrogens with one attached hydrogen (secondary N) is 2. The molecule has 0 aliphatic heterocycles. The summed E-state index contributed by atoms with van der Waals surface area (Å²) in [5.41, 5.74) is 0.998. The Bertz CT molecular complexity index is 508. The summed E-state index contributed by atoms with van der Waals surface area (Å²) in [6, 6.07) is 5.87. The third-order valence-corrected chi connectivity index (χ3v) is 3.29. The topological polar surface area (TPSA) is 89.1 Å². The molecule has 136 valence electrons. The van der Waals surface area contributed by atoms with Crippen molar-refractivity contribution in [2.75, 3.05) is 33.9 Å². The maximum absolute atomic E-state index is 11.0. The lowest BCUT2D eigenvalue weighted by molar-refractivity contribution is 0.103. The molecule has 1 aromatic carbocycles. The highest BCUT2D eigenvalue weighted by Gasteiger charge is 2.10. The molecule has 0 spiro atoms. The minimum atomic E-state index is -0.596. The van der Waals surface area contributed by atoms with Crippen molar-refractivity contribution in [1.29, 1.82) is 0 Å². The lowest BCUT2D eigenvalue weighted by atomic mass is 10.1. The number of rotatable bonds is 10. The summed E-state index contributed by atoms with van der Waals surface area (Å²) in [5.74, 6) is 1.17. The standard InChI is InChI=1S/C17H28N2O5/c1-12(2)19-10-14(20)11-24-15-6-5-13(9-16(15)22-3)7-8-18-17(21)23-4/h5-6,9,12,14,19-20H,7-8,10-11H2,1-4H3,(H,18,21). The summed E-state index contributed by atoms with van der Waals surface area (Å²) < 4.78 is 15.5. The molecule has 7 heteroatoms. The van der Waals surface area contributed by atoms with Crippen molar-refractivity contribution in [3.05, 3.63) is 23.8 Å². The first-order valence-electron chi connectivity index (χ1n) is 7.99. The van der Waals surface area contributed by atoms with Gasteiger partial charge in [-0.1, -0.05) is 19.9 Å². The molecule has 0 aliphatic rings. The van der Waals surface area contributed by atoms with Gasteiger partial charge in [0, 0.05) is 19.1 Å². The monoisotopic (exact) mass is 340 g/mol. The molecule has 7 nitrogen and oxygen atoms in total. The Morgan fingerprint density at radius 1 is 1.25 bits per heavy atom. The summed E-state index contributed by atoms with van der Waals surface area (Å²) in [7, 11) is 2.89. The molecule has 0 bridgehead atoms. The lowest BCUT2D eigenvalue weighted by Crippen LogP contribution is -2.35. The zero-order chi connectivity index (χ0) is 17.9. The number of benzene rings is 1. The number of aliphatic hydroxyl groups excluding tert-OH is 1. The molecule has 3 N–H and O–H groups in total. The minimum Gasteiger partial charge on any atom is -0.493 e. The van der Waals surface area contributed by atoms with E-state index in [4.69, 9.17) is 9.47 Å². The Kier molecular flexibility index (Phi) is 8.96. The average Bonchev–Trinajstić information content (AvgIpc) is 2.58. The zero-order valence-corrected chi connectivity index (χ0v) is 14.8. The van der Waals surface area contributed by atoms with Gasteiger partial charge in [-0.25, -0.2) is 4.79 Å². The molecular weight excluding hydrogens is 312 g/mol. The van der Waals surface area contributed by atoms with Crippen LogP contribution in [-0.4, -0.2) is 57.3 Å². The van der Waals surface area contributed by atoms with Gasteiger partial charge in [0.15, 0.2) is 11.5 Å². The van der Waals surface area contributed by atoms with E-state index in [1.807, 2.05) is 26.0 Å². The number of carbonyl (C=O) groups is 1. The summed E-state index contributed by atoms with van der Waals surface area (Å²) in [6.07, 6.45) is -0.404. The molecule has 0 fully saturated rings. The minimum absolute atomic E-state index is 0.180. The molecule has 1 rings (SSSR count). The van der Waals surface area contributed by atoms with Crippen molar-refractivity contribution in [3.63, 3.8) is 0 Å². The molecule has 0 saturated carbocycles. The van der Waals surface area contributed by atoms with E-state index in [2.05, 4.69) is 15.4 Å². The smallest absolute Gasteiger partial charge is 0.406 e. The van der Waals surface area contributed by atoms with Crippen LogP contribution in [0.5, 0.6) is 11.5 Å². The molecule has 24 heavy (non-hydrogen) atoms. The van der Waals surface area contributed by atoms with E-state index in [9.17, 15) is 9.90 Å². The fraction of sp³-hybridized carbons (Fsp3) is 0.588. The molecule has 1 atom stereocenters. The first-order chi connectivity index (χ1) is 11.5. The number of aliphatic hydroxyl groups is 1. The summed E-state index contributed by atoms with van der Waals surface area (Å²) in [5, 5.41) is 15.7. The number of methoxy groups -OCH3 is 2. The average molecular weight is 340 g/mol. The molecule has 1 unspecified atom stereocenters. The molecule has 0 saturated heterocycles. The predicted octanol–water partition coefficient (Wildman–Crippen LogP) is 1.33.